The molecule has 0 radical (unpaired) electrons. The Morgan fingerprint density at radius 2 is 1.92 bits per heavy atom. The van der Waals surface area contributed by atoms with E-state index >= 15 is 0 Å². The molecular weight excluding hydrogens is 345 g/mol. The second-order valence-corrected chi connectivity index (χ2v) is 6.04. The first kappa shape index (κ1) is 19.0. The summed E-state index contributed by atoms with van der Waals surface area (Å²) in [5, 5.41) is 3.22. The van der Waals surface area contributed by atoms with Crippen molar-refractivity contribution in [1.29, 1.82) is 0 Å². The highest BCUT2D eigenvalue weighted by Crippen LogP contribution is 2.36. The molecule has 0 bridgehead atoms. The molecule has 3 rings (SSSR count). The molecule has 1 saturated heterocycles. The van der Waals surface area contributed by atoms with E-state index in [4.69, 9.17) is 4.74 Å². The molecule has 0 atom stereocenters. The molecule has 1 aromatic rings. The standard InChI is InChI=1S/C16H19F3N2O2.ClH/c17-16(18,19)13-4-3-12(10-21-7-5-20-6-8-21)14(9-13)23-15(22)11-1-2-11;/h3-4,9,11,20H,1-2,5-8,10H2;1H. The fraction of sp³-hybridized carbons (Fsp3) is 0.562. The van der Waals surface area contributed by atoms with Gasteiger partial charge in [0, 0.05) is 38.3 Å². The van der Waals surface area contributed by atoms with E-state index in [0.29, 0.717) is 12.1 Å². The van der Waals surface area contributed by atoms with Gasteiger partial charge in [0.1, 0.15) is 5.75 Å². The first-order chi connectivity index (χ1) is 10.9. The van der Waals surface area contributed by atoms with Crippen molar-refractivity contribution >= 4 is 18.4 Å². The lowest BCUT2D eigenvalue weighted by Gasteiger charge is -2.28. The second kappa shape index (κ2) is 7.72. The van der Waals surface area contributed by atoms with Gasteiger partial charge in [-0.1, -0.05) is 6.07 Å². The summed E-state index contributed by atoms with van der Waals surface area (Å²) < 4.78 is 44.0. The molecule has 134 valence electrons. The number of nitrogens with one attached hydrogen (secondary N) is 1. The Kier molecular flexibility index (Phi) is 6.11. The third-order valence-corrected chi connectivity index (χ3v) is 4.12. The molecule has 1 heterocycles. The van der Waals surface area contributed by atoms with Crippen LogP contribution in [0.3, 0.4) is 0 Å². The minimum absolute atomic E-state index is 0. The number of carbonyl (C=O) groups excluding carboxylic acids is 1. The average Bonchev–Trinajstić information content (AvgIpc) is 3.33. The minimum atomic E-state index is -4.45. The molecule has 2 aliphatic rings. The monoisotopic (exact) mass is 364 g/mol. The highest BCUT2D eigenvalue weighted by molar-refractivity contribution is 5.85. The molecule has 24 heavy (non-hydrogen) atoms. The van der Waals surface area contributed by atoms with E-state index in [1.54, 1.807) is 0 Å². The largest absolute Gasteiger partial charge is 0.426 e. The summed E-state index contributed by atoms with van der Waals surface area (Å²) in [4.78, 5) is 14.0. The fourth-order valence-corrected chi connectivity index (χ4v) is 2.58. The van der Waals surface area contributed by atoms with Crippen LogP contribution in [0.15, 0.2) is 18.2 Å². The Morgan fingerprint density at radius 3 is 2.50 bits per heavy atom. The van der Waals surface area contributed by atoms with Crippen LogP contribution in [0.2, 0.25) is 0 Å². The number of hydrogen-bond acceptors (Lipinski definition) is 4. The van der Waals surface area contributed by atoms with Gasteiger partial charge in [0.25, 0.3) is 0 Å². The van der Waals surface area contributed by atoms with Crippen molar-refractivity contribution in [3.8, 4) is 5.75 Å². The molecule has 0 unspecified atom stereocenters. The Bertz CT molecular complexity index is 585. The predicted octanol–water partition coefficient (Wildman–Crippen LogP) is 2.85. The van der Waals surface area contributed by atoms with Crippen LogP contribution in [0, 0.1) is 5.92 Å². The highest BCUT2D eigenvalue weighted by atomic mass is 35.5. The van der Waals surface area contributed by atoms with Gasteiger partial charge in [-0.15, -0.1) is 12.4 Å². The summed E-state index contributed by atoms with van der Waals surface area (Å²) in [7, 11) is 0. The minimum Gasteiger partial charge on any atom is -0.426 e. The predicted molar refractivity (Wildman–Crippen MR) is 85.2 cm³/mol. The lowest BCUT2D eigenvalue weighted by molar-refractivity contribution is -0.139. The molecule has 2 fully saturated rings. The number of esters is 1. The normalized spacial score (nSPS) is 18.8. The van der Waals surface area contributed by atoms with Crippen LogP contribution in [-0.4, -0.2) is 37.0 Å². The SMILES string of the molecule is Cl.O=C(Oc1cc(C(F)(F)F)ccc1CN1CCNCC1)C1CC1. The zero-order valence-electron chi connectivity index (χ0n) is 13.1. The summed E-state index contributed by atoms with van der Waals surface area (Å²) in [6, 6.07) is 3.41. The van der Waals surface area contributed by atoms with E-state index in [1.807, 2.05) is 0 Å². The van der Waals surface area contributed by atoms with Crippen molar-refractivity contribution in [3.63, 3.8) is 0 Å². The van der Waals surface area contributed by atoms with Crippen molar-refractivity contribution in [2.75, 3.05) is 26.2 Å². The van der Waals surface area contributed by atoms with Crippen LogP contribution in [0.25, 0.3) is 0 Å². The Hall–Kier alpha value is -1.31. The fourth-order valence-electron chi connectivity index (χ4n) is 2.58. The van der Waals surface area contributed by atoms with Crippen LogP contribution in [0.4, 0.5) is 13.2 Å². The summed E-state index contributed by atoms with van der Waals surface area (Å²) in [5.74, 6) is -0.544. The lowest BCUT2D eigenvalue weighted by Crippen LogP contribution is -2.42. The van der Waals surface area contributed by atoms with Crippen LogP contribution in [0.5, 0.6) is 5.75 Å². The average molecular weight is 365 g/mol. The van der Waals surface area contributed by atoms with Gasteiger partial charge in [0.05, 0.1) is 11.5 Å². The highest BCUT2D eigenvalue weighted by Gasteiger charge is 2.34. The van der Waals surface area contributed by atoms with Gasteiger partial charge in [-0.05, 0) is 25.0 Å². The number of benzene rings is 1. The Morgan fingerprint density at radius 1 is 1.25 bits per heavy atom. The van der Waals surface area contributed by atoms with Crippen molar-refractivity contribution < 1.29 is 22.7 Å². The van der Waals surface area contributed by atoms with Crippen molar-refractivity contribution in [2.45, 2.75) is 25.6 Å². The lowest BCUT2D eigenvalue weighted by atomic mass is 10.1. The molecule has 4 nitrogen and oxygen atoms in total. The van der Waals surface area contributed by atoms with Crippen LogP contribution in [0.1, 0.15) is 24.0 Å². The van der Waals surface area contributed by atoms with Crippen molar-refractivity contribution in [1.82, 2.24) is 10.2 Å². The second-order valence-electron chi connectivity index (χ2n) is 6.04. The summed E-state index contributed by atoms with van der Waals surface area (Å²) in [5.41, 5.74) is -0.172. The molecule has 1 saturated carbocycles. The molecule has 0 amide bonds. The van der Waals surface area contributed by atoms with E-state index in [2.05, 4.69) is 10.2 Å². The number of halogens is 4. The number of nitrogens with zero attached hydrogens (tertiary/aromatic N) is 1. The Balaban J connectivity index is 0.00000208. The smallest absolute Gasteiger partial charge is 0.416 e. The number of carbonyl (C=O) groups is 1. The maximum atomic E-state index is 12.9. The van der Waals surface area contributed by atoms with E-state index in [9.17, 15) is 18.0 Å². The quantitative estimate of drug-likeness (QED) is 0.659. The van der Waals surface area contributed by atoms with Gasteiger partial charge in [-0.2, -0.15) is 13.2 Å². The van der Waals surface area contributed by atoms with E-state index < -0.39 is 17.7 Å². The molecule has 1 aliphatic carbocycles. The van der Waals surface area contributed by atoms with Crippen LogP contribution < -0.4 is 10.1 Å². The van der Waals surface area contributed by atoms with E-state index in [0.717, 1.165) is 51.2 Å². The molecule has 0 spiro atoms. The number of rotatable bonds is 4. The molecule has 1 N–H and O–H groups in total. The van der Waals surface area contributed by atoms with Crippen molar-refractivity contribution in [3.05, 3.63) is 29.3 Å². The number of hydrogen-bond donors (Lipinski definition) is 1. The van der Waals surface area contributed by atoms with Crippen LogP contribution in [-0.2, 0) is 17.5 Å². The number of ether oxygens (including phenoxy) is 1. The van der Waals surface area contributed by atoms with Gasteiger partial charge >= 0.3 is 12.1 Å². The molecular formula is C16H20ClF3N2O2. The number of alkyl halides is 3. The number of piperazine rings is 1. The molecule has 1 aliphatic heterocycles. The summed E-state index contributed by atoms with van der Waals surface area (Å²) in [6.45, 7) is 3.80. The third-order valence-electron chi connectivity index (χ3n) is 4.12. The molecule has 8 heteroatoms. The summed E-state index contributed by atoms with van der Waals surface area (Å²) in [6.07, 6.45) is -2.94. The van der Waals surface area contributed by atoms with Gasteiger partial charge < -0.3 is 10.1 Å². The first-order valence-corrected chi connectivity index (χ1v) is 7.78. The van der Waals surface area contributed by atoms with Crippen molar-refractivity contribution in [2.24, 2.45) is 5.92 Å². The van der Waals surface area contributed by atoms with Gasteiger partial charge in [-0.3, -0.25) is 9.69 Å². The molecule has 1 aromatic carbocycles. The first-order valence-electron chi connectivity index (χ1n) is 7.78. The van der Waals surface area contributed by atoms with Gasteiger partial charge in [-0.25, -0.2) is 0 Å². The maximum absolute atomic E-state index is 12.9. The van der Waals surface area contributed by atoms with Gasteiger partial charge in [0.2, 0.25) is 0 Å². The Labute approximate surface area is 144 Å². The zero-order chi connectivity index (χ0) is 16.4. The molecule has 0 aromatic heterocycles. The maximum Gasteiger partial charge on any atom is 0.416 e. The summed E-state index contributed by atoms with van der Waals surface area (Å²) >= 11 is 0. The van der Waals surface area contributed by atoms with Gasteiger partial charge in [0.15, 0.2) is 0 Å². The third kappa shape index (κ3) is 4.84. The van der Waals surface area contributed by atoms with Crippen LogP contribution >= 0.6 is 12.4 Å². The topological polar surface area (TPSA) is 41.6 Å². The van der Waals surface area contributed by atoms with E-state index in [-0.39, 0.29) is 24.1 Å². The zero-order valence-corrected chi connectivity index (χ0v) is 13.9. The van der Waals surface area contributed by atoms with E-state index in [1.165, 1.54) is 6.07 Å².